The Balaban J connectivity index is 2.73. The number of nitrogens with one attached hydrogen (secondary N) is 1. The van der Waals surface area contributed by atoms with Gasteiger partial charge in [-0.2, -0.15) is 18.4 Å². The Hall–Kier alpha value is -1.74. The maximum absolute atomic E-state index is 12.1. The van der Waals surface area contributed by atoms with Crippen molar-refractivity contribution in [3.05, 3.63) is 29.8 Å². The summed E-state index contributed by atoms with van der Waals surface area (Å²) in [4.78, 5) is 0. The van der Waals surface area contributed by atoms with Crippen molar-refractivity contribution in [2.24, 2.45) is 0 Å². The summed E-state index contributed by atoms with van der Waals surface area (Å²) in [6, 6.07) is 7.33. The number of hydrogen-bond donors (Lipinski definition) is 1. The zero-order valence-corrected chi connectivity index (χ0v) is 10.5. The molecule has 104 valence electrons. The van der Waals surface area contributed by atoms with Gasteiger partial charge in [0.05, 0.1) is 19.2 Å². The molecule has 1 aromatic rings. The Bertz CT molecular complexity index is 440. The molecule has 1 unspecified atom stereocenters. The molecule has 0 fully saturated rings. The van der Waals surface area contributed by atoms with Crippen LogP contribution in [-0.4, -0.2) is 19.3 Å². The van der Waals surface area contributed by atoms with Crippen LogP contribution < -0.4 is 10.1 Å². The summed E-state index contributed by atoms with van der Waals surface area (Å²) in [6.07, 6.45) is -3.51. The molecule has 0 radical (unpaired) electrons. The van der Waals surface area contributed by atoms with E-state index in [2.05, 4.69) is 5.32 Å². The van der Waals surface area contributed by atoms with Gasteiger partial charge in [0.25, 0.3) is 0 Å². The molecule has 0 spiro atoms. The Kier molecular flexibility index (Phi) is 5.64. The van der Waals surface area contributed by atoms with Crippen molar-refractivity contribution in [3.63, 3.8) is 0 Å². The number of benzene rings is 1. The summed E-state index contributed by atoms with van der Waals surface area (Å²) in [6.45, 7) is 1.27. The minimum absolute atomic E-state index is 0.459. The van der Waals surface area contributed by atoms with Gasteiger partial charge in [-0.05, 0) is 24.1 Å². The van der Waals surface area contributed by atoms with E-state index in [0.717, 1.165) is 6.42 Å². The number of hydrogen-bond acceptors (Lipinski definition) is 3. The highest BCUT2D eigenvalue weighted by Crippen LogP contribution is 2.21. The van der Waals surface area contributed by atoms with Gasteiger partial charge in [0.15, 0.2) is 0 Å². The number of ether oxygens (including phenoxy) is 1. The average molecular weight is 272 g/mol. The second kappa shape index (κ2) is 7.00. The van der Waals surface area contributed by atoms with Crippen LogP contribution >= 0.6 is 0 Å². The SMILES string of the molecule is CCCOc1cccc(C(C#N)NCC(F)(F)F)c1. The quantitative estimate of drug-likeness (QED) is 0.865. The van der Waals surface area contributed by atoms with E-state index in [4.69, 9.17) is 10.00 Å². The van der Waals surface area contributed by atoms with Gasteiger partial charge in [-0.3, -0.25) is 5.32 Å². The zero-order chi connectivity index (χ0) is 14.3. The molecule has 0 saturated heterocycles. The fraction of sp³-hybridized carbons (Fsp3) is 0.462. The van der Waals surface area contributed by atoms with Crippen LogP contribution in [0.4, 0.5) is 13.2 Å². The van der Waals surface area contributed by atoms with E-state index in [9.17, 15) is 13.2 Å². The molecule has 1 rings (SSSR count). The second-order valence-electron chi connectivity index (χ2n) is 3.98. The Labute approximate surface area is 110 Å². The summed E-state index contributed by atoms with van der Waals surface area (Å²) in [5, 5.41) is 11.1. The van der Waals surface area contributed by atoms with Gasteiger partial charge in [0.1, 0.15) is 11.8 Å². The highest BCUT2D eigenvalue weighted by atomic mass is 19.4. The van der Waals surface area contributed by atoms with Crippen molar-refractivity contribution in [3.8, 4) is 11.8 Å². The van der Waals surface area contributed by atoms with Crippen LogP contribution in [0.1, 0.15) is 24.9 Å². The first-order chi connectivity index (χ1) is 8.96. The fourth-order valence-electron chi connectivity index (χ4n) is 1.46. The first kappa shape index (κ1) is 15.3. The van der Waals surface area contributed by atoms with Gasteiger partial charge in [0.2, 0.25) is 0 Å². The predicted molar refractivity (Wildman–Crippen MR) is 64.6 cm³/mol. The summed E-state index contributed by atoms with van der Waals surface area (Å²) in [5.74, 6) is 0.549. The lowest BCUT2D eigenvalue weighted by molar-refractivity contribution is -0.125. The van der Waals surface area contributed by atoms with E-state index in [1.54, 1.807) is 24.3 Å². The molecule has 0 saturated carbocycles. The van der Waals surface area contributed by atoms with Crippen LogP contribution in [0.3, 0.4) is 0 Å². The molecule has 0 aliphatic carbocycles. The standard InChI is InChI=1S/C13H15F3N2O/c1-2-6-19-11-5-3-4-10(7-11)12(8-17)18-9-13(14,15)16/h3-5,7,12,18H,2,6,9H2,1H3. The number of halogens is 3. The zero-order valence-electron chi connectivity index (χ0n) is 10.5. The van der Waals surface area contributed by atoms with E-state index >= 15 is 0 Å². The summed E-state index contributed by atoms with van der Waals surface area (Å²) < 4.78 is 41.7. The van der Waals surface area contributed by atoms with Crippen LogP contribution in [0.15, 0.2) is 24.3 Å². The molecule has 1 atom stereocenters. The van der Waals surface area contributed by atoms with Crippen LogP contribution in [0, 0.1) is 11.3 Å². The largest absolute Gasteiger partial charge is 0.494 e. The van der Waals surface area contributed by atoms with Crippen molar-refractivity contribution < 1.29 is 17.9 Å². The van der Waals surface area contributed by atoms with Gasteiger partial charge in [-0.15, -0.1) is 0 Å². The number of rotatable bonds is 6. The van der Waals surface area contributed by atoms with Gasteiger partial charge in [-0.25, -0.2) is 0 Å². The molecule has 1 aromatic carbocycles. The number of nitrogens with zero attached hydrogens (tertiary/aromatic N) is 1. The molecule has 19 heavy (non-hydrogen) atoms. The summed E-state index contributed by atoms with van der Waals surface area (Å²) >= 11 is 0. The van der Waals surface area contributed by atoms with Crippen LogP contribution in [0.2, 0.25) is 0 Å². The lowest BCUT2D eigenvalue weighted by Gasteiger charge is -2.14. The van der Waals surface area contributed by atoms with Crippen LogP contribution in [0.25, 0.3) is 0 Å². The highest BCUT2D eigenvalue weighted by molar-refractivity contribution is 5.33. The molecule has 0 heterocycles. The molecule has 6 heteroatoms. The first-order valence-corrected chi connectivity index (χ1v) is 5.88. The first-order valence-electron chi connectivity index (χ1n) is 5.88. The Morgan fingerprint density at radius 2 is 2.16 bits per heavy atom. The lowest BCUT2D eigenvalue weighted by atomic mass is 10.1. The minimum Gasteiger partial charge on any atom is -0.494 e. The maximum atomic E-state index is 12.1. The van der Waals surface area contributed by atoms with Crippen molar-refractivity contribution in [1.29, 1.82) is 5.26 Å². The minimum atomic E-state index is -4.34. The summed E-state index contributed by atoms with van der Waals surface area (Å²) in [5.41, 5.74) is 0.459. The third-order valence-corrected chi connectivity index (χ3v) is 2.30. The van der Waals surface area contributed by atoms with Crippen LogP contribution in [-0.2, 0) is 0 Å². The topological polar surface area (TPSA) is 45.0 Å². The molecular weight excluding hydrogens is 257 g/mol. The smallest absolute Gasteiger partial charge is 0.401 e. The second-order valence-corrected chi connectivity index (χ2v) is 3.98. The monoisotopic (exact) mass is 272 g/mol. The van der Waals surface area contributed by atoms with E-state index in [1.165, 1.54) is 0 Å². The third-order valence-electron chi connectivity index (χ3n) is 2.30. The molecule has 0 aliphatic rings. The van der Waals surface area contributed by atoms with E-state index in [0.29, 0.717) is 17.9 Å². The Morgan fingerprint density at radius 1 is 1.42 bits per heavy atom. The molecule has 0 aromatic heterocycles. The molecular formula is C13H15F3N2O. The third kappa shape index (κ3) is 5.62. The van der Waals surface area contributed by atoms with E-state index in [1.807, 2.05) is 13.0 Å². The normalized spacial score (nSPS) is 12.8. The fourth-order valence-corrected chi connectivity index (χ4v) is 1.46. The Morgan fingerprint density at radius 3 is 2.74 bits per heavy atom. The molecule has 3 nitrogen and oxygen atoms in total. The van der Waals surface area contributed by atoms with E-state index < -0.39 is 18.8 Å². The predicted octanol–water partition coefficient (Wildman–Crippen LogP) is 3.19. The number of nitriles is 1. The van der Waals surface area contributed by atoms with Gasteiger partial charge in [-0.1, -0.05) is 19.1 Å². The van der Waals surface area contributed by atoms with Crippen molar-refractivity contribution in [2.45, 2.75) is 25.6 Å². The lowest BCUT2D eigenvalue weighted by Crippen LogP contribution is -2.31. The molecule has 0 bridgehead atoms. The highest BCUT2D eigenvalue weighted by Gasteiger charge is 2.28. The molecule has 1 N–H and O–H groups in total. The van der Waals surface area contributed by atoms with Crippen molar-refractivity contribution in [2.75, 3.05) is 13.2 Å². The van der Waals surface area contributed by atoms with Gasteiger partial charge < -0.3 is 4.74 Å². The van der Waals surface area contributed by atoms with Gasteiger partial charge >= 0.3 is 6.18 Å². The van der Waals surface area contributed by atoms with Gasteiger partial charge in [0, 0.05) is 0 Å². The van der Waals surface area contributed by atoms with Crippen molar-refractivity contribution >= 4 is 0 Å². The van der Waals surface area contributed by atoms with Crippen molar-refractivity contribution in [1.82, 2.24) is 5.32 Å². The number of alkyl halides is 3. The maximum Gasteiger partial charge on any atom is 0.401 e. The van der Waals surface area contributed by atoms with E-state index in [-0.39, 0.29) is 0 Å². The molecule has 0 aliphatic heterocycles. The average Bonchev–Trinajstić information content (AvgIpc) is 2.36. The van der Waals surface area contributed by atoms with Crippen LogP contribution in [0.5, 0.6) is 5.75 Å². The summed E-state index contributed by atoms with van der Waals surface area (Å²) in [7, 11) is 0. The molecule has 0 amide bonds.